The van der Waals surface area contributed by atoms with Crippen LogP contribution in [0.2, 0.25) is 0 Å². The number of hydrogen-bond donors (Lipinski definition) is 0. The Kier molecular flexibility index (Phi) is 3.44. The van der Waals surface area contributed by atoms with E-state index in [0.29, 0.717) is 0 Å². The van der Waals surface area contributed by atoms with Gasteiger partial charge in [-0.3, -0.25) is 0 Å². The Balaban J connectivity index is 0.000000127. The van der Waals surface area contributed by atoms with Gasteiger partial charge in [0.05, 0.1) is 18.8 Å². The fourth-order valence-corrected chi connectivity index (χ4v) is 0.552. The van der Waals surface area contributed by atoms with Crippen LogP contribution in [0.1, 0.15) is 0 Å². The van der Waals surface area contributed by atoms with Crippen molar-refractivity contribution in [1.82, 2.24) is 0 Å². The van der Waals surface area contributed by atoms with Gasteiger partial charge in [0, 0.05) is 6.07 Å². The first kappa shape index (κ1) is 8.33. The molecule has 12 heavy (non-hydrogen) atoms. The Bertz CT molecular complexity index is 300. The van der Waals surface area contributed by atoms with Gasteiger partial charge in [-0.1, -0.05) is 6.07 Å². The molecule has 62 valence electrons. The summed E-state index contributed by atoms with van der Waals surface area (Å²) >= 11 is 0. The van der Waals surface area contributed by atoms with Crippen molar-refractivity contribution in [2.24, 2.45) is 0 Å². The van der Waals surface area contributed by atoms with Gasteiger partial charge in [-0.25, -0.2) is 4.79 Å². The van der Waals surface area contributed by atoms with Crippen molar-refractivity contribution >= 4 is 0 Å². The molecule has 0 bridgehead atoms. The minimum absolute atomic E-state index is 0.303. The SMILES string of the molecule is O=c1cccco1.c1ccoc1. The van der Waals surface area contributed by atoms with E-state index >= 15 is 0 Å². The highest BCUT2D eigenvalue weighted by atomic mass is 16.4. The van der Waals surface area contributed by atoms with Gasteiger partial charge < -0.3 is 8.83 Å². The highest BCUT2D eigenvalue weighted by molar-refractivity contribution is 4.85. The second kappa shape index (κ2) is 4.96. The predicted octanol–water partition coefficient (Wildman–Crippen LogP) is 1.92. The van der Waals surface area contributed by atoms with Crippen molar-refractivity contribution in [1.29, 1.82) is 0 Å². The Morgan fingerprint density at radius 2 is 1.58 bits per heavy atom. The summed E-state index contributed by atoms with van der Waals surface area (Å²) in [5, 5.41) is 0. The first-order chi connectivity index (χ1) is 5.89. The van der Waals surface area contributed by atoms with E-state index in [1.807, 2.05) is 12.1 Å². The summed E-state index contributed by atoms with van der Waals surface area (Å²) in [5.74, 6) is 0. The van der Waals surface area contributed by atoms with E-state index in [2.05, 4.69) is 8.83 Å². The zero-order chi connectivity index (χ0) is 8.65. The molecule has 0 unspecified atom stereocenters. The van der Waals surface area contributed by atoms with Crippen LogP contribution in [0.4, 0.5) is 0 Å². The Hall–Kier alpha value is -1.77. The summed E-state index contributed by atoms with van der Waals surface area (Å²) in [4.78, 5) is 10.1. The summed E-state index contributed by atoms with van der Waals surface area (Å²) in [6, 6.07) is 8.31. The van der Waals surface area contributed by atoms with Crippen LogP contribution in [0.5, 0.6) is 0 Å². The molecule has 2 aromatic heterocycles. The molecule has 0 aliphatic rings. The zero-order valence-electron chi connectivity index (χ0n) is 6.34. The number of hydrogen-bond acceptors (Lipinski definition) is 3. The van der Waals surface area contributed by atoms with Gasteiger partial charge in [-0.05, 0) is 18.2 Å². The van der Waals surface area contributed by atoms with Gasteiger partial charge in [0.1, 0.15) is 0 Å². The van der Waals surface area contributed by atoms with Crippen LogP contribution in [0, 0.1) is 0 Å². The molecule has 0 aliphatic heterocycles. The molecule has 0 saturated heterocycles. The molecular formula is C9H8O3. The van der Waals surface area contributed by atoms with Crippen molar-refractivity contribution in [3.8, 4) is 0 Å². The third kappa shape index (κ3) is 3.41. The van der Waals surface area contributed by atoms with Gasteiger partial charge in [-0.15, -0.1) is 0 Å². The minimum atomic E-state index is -0.303. The van der Waals surface area contributed by atoms with Crippen LogP contribution < -0.4 is 5.63 Å². The van der Waals surface area contributed by atoms with E-state index in [0.717, 1.165) is 0 Å². The minimum Gasteiger partial charge on any atom is -0.473 e. The molecule has 0 aliphatic carbocycles. The zero-order valence-corrected chi connectivity index (χ0v) is 6.34. The molecule has 0 aromatic carbocycles. The maximum atomic E-state index is 10.1. The molecule has 0 N–H and O–H groups in total. The molecule has 0 spiro atoms. The van der Waals surface area contributed by atoms with Gasteiger partial charge in [0.15, 0.2) is 0 Å². The topological polar surface area (TPSA) is 43.4 Å². The highest BCUT2D eigenvalue weighted by Gasteiger charge is 1.72. The van der Waals surface area contributed by atoms with Gasteiger partial charge in [0.2, 0.25) is 0 Å². The van der Waals surface area contributed by atoms with Crippen LogP contribution in [0.25, 0.3) is 0 Å². The predicted molar refractivity (Wildman–Crippen MR) is 43.7 cm³/mol. The fraction of sp³-hybridized carbons (Fsp3) is 0. The maximum Gasteiger partial charge on any atom is 0.335 e. The third-order valence-electron chi connectivity index (χ3n) is 1.03. The molecule has 0 radical (unpaired) electrons. The van der Waals surface area contributed by atoms with Crippen molar-refractivity contribution in [3.05, 3.63) is 59.5 Å². The summed E-state index contributed by atoms with van der Waals surface area (Å²) in [6.45, 7) is 0. The molecule has 2 aromatic rings. The fourth-order valence-electron chi connectivity index (χ4n) is 0.552. The maximum absolute atomic E-state index is 10.1. The van der Waals surface area contributed by atoms with Crippen LogP contribution >= 0.6 is 0 Å². The molecule has 3 nitrogen and oxygen atoms in total. The monoisotopic (exact) mass is 164 g/mol. The quantitative estimate of drug-likeness (QED) is 0.597. The van der Waals surface area contributed by atoms with Crippen LogP contribution in [0.15, 0.2) is 62.8 Å². The number of rotatable bonds is 0. The second-order valence-corrected chi connectivity index (χ2v) is 1.92. The molecule has 0 fully saturated rings. The molecule has 2 rings (SSSR count). The highest BCUT2D eigenvalue weighted by Crippen LogP contribution is 1.79. The van der Waals surface area contributed by atoms with Crippen LogP contribution in [-0.4, -0.2) is 0 Å². The normalized spacial score (nSPS) is 8.33. The summed E-state index contributed by atoms with van der Waals surface area (Å²) in [5.41, 5.74) is -0.303. The molecule has 0 saturated carbocycles. The number of furan rings is 1. The molecule has 3 heteroatoms. The van der Waals surface area contributed by atoms with Crippen molar-refractivity contribution < 1.29 is 8.83 Å². The average Bonchev–Trinajstić information content (AvgIpc) is 2.62. The van der Waals surface area contributed by atoms with Gasteiger partial charge in [0.25, 0.3) is 0 Å². The van der Waals surface area contributed by atoms with E-state index in [4.69, 9.17) is 0 Å². The molecule has 0 amide bonds. The van der Waals surface area contributed by atoms with Gasteiger partial charge >= 0.3 is 5.63 Å². The van der Waals surface area contributed by atoms with Crippen molar-refractivity contribution in [2.45, 2.75) is 0 Å². The van der Waals surface area contributed by atoms with Crippen molar-refractivity contribution in [3.63, 3.8) is 0 Å². The first-order valence-corrected chi connectivity index (χ1v) is 3.40. The smallest absolute Gasteiger partial charge is 0.335 e. The summed E-state index contributed by atoms with van der Waals surface area (Å²) in [7, 11) is 0. The van der Waals surface area contributed by atoms with E-state index in [1.54, 1.807) is 24.7 Å². The van der Waals surface area contributed by atoms with Crippen LogP contribution in [-0.2, 0) is 0 Å². The van der Waals surface area contributed by atoms with E-state index < -0.39 is 0 Å². The Labute approximate surface area is 69.3 Å². The van der Waals surface area contributed by atoms with Gasteiger partial charge in [-0.2, -0.15) is 0 Å². The van der Waals surface area contributed by atoms with Crippen LogP contribution in [0.3, 0.4) is 0 Å². The average molecular weight is 164 g/mol. The lowest BCUT2D eigenvalue weighted by molar-refractivity contribution is 0.511. The summed E-state index contributed by atoms with van der Waals surface area (Å²) < 4.78 is 8.95. The molecule has 2 heterocycles. The third-order valence-corrected chi connectivity index (χ3v) is 1.03. The van der Waals surface area contributed by atoms with E-state index in [-0.39, 0.29) is 5.63 Å². The summed E-state index contributed by atoms with van der Waals surface area (Å²) in [6.07, 6.45) is 4.60. The van der Waals surface area contributed by atoms with E-state index in [1.165, 1.54) is 12.3 Å². The lowest BCUT2D eigenvalue weighted by Gasteiger charge is -1.72. The van der Waals surface area contributed by atoms with Crippen molar-refractivity contribution in [2.75, 3.05) is 0 Å². The van der Waals surface area contributed by atoms with E-state index in [9.17, 15) is 4.79 Å². The Morgan fingerprint density at radius 3 is 1.83 bits per heavy atom. The lowest BCUT2D eigenvalue weighted by atomic mass is 10.5. The first-order valence-electron chi connectivity index (χ1n) is 3.40. The largest absolute Gasteiger partial charge is 0.473 e. The lowest BCUT2D eigenvalue weighted by Crippen LogP contribution is -1.90. The molecule has 0 atom stereocenters. The standard InChI is InChI=1S/C5H4O2.C4H4O/c6-5-3-1-2-4-7-5;1-2-4-5-3-1/h1-4H;1-4H. The second-order valence-electron chi connectivity index (χ2n) is 1.92. The molecular weight excluding hydrogens is 156 g/mol. The Morgan fingerprint density at radius 1 is 0.917 bits per heavy atom.